The standard InChI is InChI=1S/C16H19Cl2N5/c1-10-3-4-13(7-11(10)2)23-16(19)21-6-5-20-15-14(18)8-12(17)9-22-15/h3-4,7-9H,5-6H2,1-2H3,(H,20,22)(H3,19,21,23). The van der Waals surface area contributed by atoms with Crippen LogP contribution in [0.25, 0.3) is 0 Å². The maximum atomic E-state index is 6.02. The van der Waals surface area contributed by atoms with Crippen LogP contribution < -0.4 is 16.4 Å². The first-order chi connectivity index (χ1) is 11.0. The maximum absolute atomic E-state index is 6.02. The third-order valence-corrected chi connectivity index (χ3v) is 3.77. The minimum absolute atomic E-state index is 0.366. The van der Waals surface area contributed by atoms with Crippen LogP contribution in [-0.4, -0.2) is 24.0 Å². The van der Waals surface area contributed by atoms with Crippen molar-refractivity contribution in [1.29, 1.82) is 0 Å². The topological polar surface area (TPSA) is 75.3 Å². The SMILES string of the molecule is Cc1ccc(NC(N)=NCCNc2ncc(Cl)cc2Cl)cc1C. The van der Waals surface area contributed by atoms with Crippen LogP contribution in [0.5, 0.6) is 0 Å². The molecule has 0 spiro atoms. The van der Waals surface area contributed by atoms with Gasteiger partial charge in [0.15, 0.2) is 5.96 Å². The van der Waals surface area contributed by atoms with Crippen LogP contribution in [0.1, 0.15) is 11.1 Å². The van der Waals surface area contributed by atoms with Crippen molar-refractivity contribution in [2.24, 2.45) is 10.7 Å². The number of halogens is 2. The Kier molecular flexibility index (Phi) is 6.07. The molecule has 1 aromatic carbocycles. The van der Waals surface area contributed by atoms with Gasteiger partial charge in [0.25, 0.3) is 0 Å². The second-order valence-corrected chi connectivity index (χ2v) is 5.95. The molecule has 0 saturated heterocycles. The van der Waals surface area contributed by atoms with Crippen molar-refractivity contribution in [2.45, 2.75) is 13.8 Å². The molecule has 122 valence electrons. The summed E-state index contributed by atoms with van der Waals surface area (Å²) in [5, 5.41) is 7.13. The molecule has 2 rings (SSSR count). The molecule has 0 fully saturated rings. The number of nitrogens with zero attached hydrogens (tertiary/aromatic N) is 2. The number of nitrogens with one attached hydrogen (secondary N) is 2. The van der Waals surface area contributed by atoms with Crippen molar-refractivity contribution in [2.75, 3.05) is 23.7 Å². The number of anilines is 2. The number of guanidine groups is 1. The zero-order chi connectivity index (χ0) is 16.8. The van der Waals surface area contributed by atoms with Gasteiger partial charge in [-0.1, -0.05) is 29.3 Å². The van der Waals surface area contributed by atoms with E-state index in [1.54, 1.807) is 6.07 Å². The van der Waals surface area contributed by atoms with Gasteiger partial charge in [-0.2, -0.15) is 0 Å². The molecular weight excluding hydrogens is 333 g/mol. The van der Waals surface area contributed by atoms with E-state index in [1.165, 1.54) is 17.3 Å². The molecule has 0 aliphatic heterocycles. The van der Waals surface area contributed by atoms with Gasteiger partial charge in [0.2, 0.25) is 0 Å². The van der Waals surface area contributed by atoms with Crippen LogP contribution in [-0.2, 0) is 0 Å². The smallest absolute Gasteiger partial charge is 0.193 e. The Morgan fingerprint density at radius 3 is 2.70 bits per heavy atom. The molecule has 0 bridgehead atoms. The molecular formula is C16H19Cl2N5. The predicted molar refractivity (Wildman–Crippen MR) is 98.8 cm³/mol. The zero-order valence-electron chi connectivity index (χ0n) is 13.0. The van der Waals surface area contributed by atoms with Crippen LogP contribution in [0.4, 0.5) is 11.5 Å². The second kappa shape index (κ2) is 8.04. The Morgan fingerprint density at radius 2 is 2.00 bits per heavy atom. The van der Waals surface area contributed by atoms with Crippen LogP contribution in [0.15, 0.2) is 35.5 Å². The maximum Gasteiger partial charge on any atom is 0.193 e. The molecule has 0 amide bonds. The molecule has 0 radical (unpaired) electrons. The van der Waals surface area contributed by atoms with Crippen LogP contribution in [0.2, 0.25) is 10.0 Å². The fraction of sp³-hybridized carbons (Fsp3) is 0.250. The van der Waals surface area contributed by atoms with Gasteiger partial charge in [0.05, 0.1) is 16.6 Å². The van der Waals surface area contributed by atoms with Crippen molar-refractivity contribution in [3.63, 3.8) is 0 Å². The number of aliphatic imine (C=N–C) groups is 1. The molecule has 7 heteroatoms. The summed E-state index contributed by atoms with van der Waals surface area (Å²) in [6.45, 7) is 5.17. The predicted octanol–water partition coefficient (Wildman–Crippen LogP) is 3.84. The number of aryl methyl sites for hydroxylation is 2. The molecule has 23 heavy (non-hydrogen) atoms. The van der Waals surface area contributed by atoms with Gasteiger partial charge >= 0.3 is 0 Å². The van der Waals surface area contributed by atoms with E-state index in [0.29, 0.717) is 34.9 Å². The highest BCUT2D eigenvalue weighted by Gasteiger charge is 2.02. The molecule has 1 aromatic heterocycles. The Hall–Kier alpha value is -1.98. The van der Waals surface area contributed by atoms with E-state index in [0.717, 1.165) is 5.69 Å². The summed E-state index contributed by atoms with van der Waals surface area (Å²) in [5.41, 5.74) is 9.24. The van der Waals surface area contributed by atoms with Crippen molar-refractivity contribution < 1.29 is 0 Å². The minimum Gasteiger partial charge on any atom is -0.370 e. The van der Waals surface area contributed by atoms with Crippen LogP contribution in [0.3, 0.4) is 0 Å². The molecule has 0 saturated carbocycles. The van der Waals surface area contributed by atoms with Gasteiger partial charge in [0, 0.05) is 18.4 Å². The normalized spacial score (nSPS) is 11.4. The average molecular weight is 352 g/mol. The van der Waals surface area contributed by atoms with E-state index >= 15 is 0 Å². The fourth-order valence-corrected chi connectivity index (χ4v) is 2.35. The summed E-state index contributed by atoms with van der Waals surface area (Å²) in [6, 6.07) is 7.69. The largest absolute Gasteiger partial charge is 0.370 e. The quantitative estimate of drug-likeness (QED) is 0.434. The molecule has 0 unspecified atom stereocenters. The number of hydrogen-bond acceptors (Lipinski definition) is 3. The first-order valence-electron chi connectivity index (χ1n) is 7.15. The van der Waals surface area contributed by atoms with Crippen LogP contribution >= 0.6 is 23.2 Å². The Balaban J connectivity index is 1.83. The van der Waals surface area contributed by atoms with Crippen molar-refractivity contribution >= 4 is 40.7 Å². The van der Waals surface area contributed by atoms with Gasteiger partial charge in [-0.25, -0.2) is 4.98 Å². The van der Waals surface area contributed by atoms with E-state index in [4.69, 9.17) is 28.9 Å². The summed E-state index contributed by atoms with van der Waals surface area (Å²) in [7, 11) is 0. The van der Waals surface area contributed by atoms with Crippen molar-refractivity contribution in [3.8, 4) is 0 Å². The van der Waals surface area contributed by atoms with Gasteiger partial charge in [-0.3, -0.25) is 4.99 Å². The first-order valence-corrected chi connectivity index (χ1v) is 7.90. The molecule has 2 aromatic rings. The number of hydrogen-bond donors (Lipinski definition) is 3. The molecule has 0 aliphatic rings. The second-order valence-electron chi connectivity index (χ2n) is 5.10. The van der Waals surface area contributed by atoms with E-state index in [-0.39, 0.29) is 0 Å². The molecule has 5 nitrogen and oxygen atoms in total. The number of benzene rings is 1. The van der Waals surface area contributed by atoms with Gasteiger partial charge < -0.3 is 16.4 Å². The fourth-order valence-electron chi connectivity index (χ4n) is 1.90. The third-order valence-electron chi connectivity index (χ3n) is 3.27. The number of pyridine rings is 1. The Labute approximate surface area is 145 Å². The number of nitrogens with two attached hydrogens (primary N) is 1. The highest BCUT2D eigenvalue weighted by molar-refractivity contribution is 6.35. The van der Waals surface area contributed by atoms with Gasteiger partial charge in [-0.15, -0.1) is 0 Å². The average Bonchev–Trinajstić information content (AvgIpc) is 2.49. The lowest BCUT2D eigenvalue weighted by atomic mass is 10.1. The van der Waals surface area contributed by atoms with E-state index in [1.807, 2.05) is 18.2 Å². The number of rotatable bonds is 5. The highest BCUT2D eigenvalue weighted by Crippen LogP contribution is 2.22. The summed E-state index contributed by atoms with van der Waals surface area (Å²) >= 11 is 11.8. The molecule has 1 heterocycles. The molecule has 4 N–H and O–H groups in total. The van der Waals surface area contributed by atoms with E-state index < -0.39 is 0 Å². The monoisotopic (exact) mass is 351 g/mol. The van der Waals surface area contributed by atoms with Crippen molar-refractivity contribution in [3.05, 3.63) is 51.6 Å². The highest BCUT2D eigenvalue weighted by atomic mass is 35.5. The van der Waals surface area contributed by atoms with E-state index in [2.05, 4.69) is 34.5 Å². The summed E-state index contributed by atoms with van der Waals surface area (Å²) in [6.07, 6.45) is 1.54. The first kappa shape index (κ1) is 17.4. The lowest BCUT2D eigenvalue weighted by Crippen LogP contribution is -2.24. The third kappa shape index (κ3) is 5.30. The Morgan fingerprint density at radius 1 is 1.22 bits per heavy atom. The van der Waals surface area contributed by atoms with Gasteiger partial charge in [0.1, 0.15) is 5.82 Å². The Bertz CT molecular complexity index is 716. The van der Waals surface area contributed by atoms with Crippen LogP contribution in [0, 0.1) is 13.8 Å². The van der Waals surface area contributed by atoms with Gasteiger partial charge in [-0.05, 0) is 43.2 Å². The zero-order valence-corrected chi connectivity index (χ0v) is 14.5. The molecule has 0 atom stereocenters. The summed E-state index contributed by atoms with van der Waals surface area (Å²) in [5.74, 6) is 0.942. The van der Waals surface area contributed by atoms with E-state index in [9.17, 15) is 0 Å². The lowest BCUT2D eigenvalue weighted by molar-refractivity contribution is 1.01. The summed E-state index contributed by atoms with van der Waals surface area (Å²) in [4.78, 5) is 8.37. The lowest BCUT2D eigenvalue weighted by Gasteiger charge is -2.09. The molecule has 0 aliphatic carbocycles. The summed E-state index contributed by atoms with van der Waals surface area (Å²) < 4.78 is 0. The van der Waals surface area contributed by atoms with Crippen molar-refractivity contribution in [1.82, 2.24) is 4.98 Å². The minimum atomic E-state index is 0.366. The number of aromatic nitrogens is 1.